The smallest absolute Gasteiger partial charge is 0.336 e. The molecule has 1 heterocycles. The molecule has 5 heteroatoms. The van der Waals surface area contributed by atoms with E-state index < -0.39 is 0 Å². The van der Waals surface area contributed by atoms with Gasteiger partial charge in [-0.1, -0.05) is 23.7 Å². The third-order valence-corrected chi connectivity index (χ3v) is 4.97. The Morgan fingerprint density at radius 1 is 1.08 bits per heavy atom. The van der Waals surface area contributed by atoms with Crippen molar-refractivity contribution >= 4 is 28.3 Å². The second-order valence-corrected chi connectivity index (χ2v) is 7.47. The minimum absolute atomic E-state index is 0.322. The Bertz CT molecular complexity index is 978. The number of benzene rings is 2. The van der Waals surface area contributed by atoms with Gasteiger partial charge in [0, 0.05) is 47.4 Å². The summed E-state index contributed by atoms with van der Waals surface area (Å²) in [5.74, 6) is 0. The number of anilines is 1. The van der Waals surface area contributed by atoms with Gasteiger partial charge < -0.3 is 14.2 Å². The monoisotopic (exact) mass is 371 g/mol. The molecule has 1 N–H and O–H groups in total. The molecule has 0 bridgehead atoms. The van der Waals surface area contributed by atoms with Gasteiger partial charge in [0.25, 0.3) is 0 Å². The zero-order chi connectivity index (χ0) is 18.8. The molecule has 0 amide bonds. The highest BCUT2D eigenvalue weighted by Crippen LogP contribution is 2.24. The van der Waals surface area contributed by atoms with Crippen molar-refractivity contribution in [3.63, 3.8) is 0 Å². The van der Waals surface area contributed by atoms with Gasteiger partial charge in [-0.05, 0) is 36.8 Å². The minimum Gasteiger partial charge on any atom is -0.423 e. The van der Waals surface area contributed by atoms with E-state index in [4.69, 9.17) is 16.0 Å². The molecular weight excluding hydrogens is 348 g/mol. The quantitative estimate of drug-likeness (QED) is 0.700. The van der Waals surface area contributed by atoms with Gasteiger partial charge in [-0.2, -0.15) is 0 Å². The van der Waals surface area contributed by atoms with Crippen molar-refractivity contribution in [2.45, 2.75) is 20.0 Å². The van der Waals surface area contributed by atoms with Crippen LogP contribution in [0, 0.1) is 6.92 Å². The standard InChI is InChI=1S/C21H23ClN2O2/c1-14-9-20-18(11-19(14)22)16(10-21(25)26-20)13-24(4)12-15-5-7-17(8-6-15)23(2)3/h5-11H,12-13H2,1-4H3/p+1. The number of halogens is 1. The molecule has 136 valence electrons. The van der Waals surface area contributed by atoms with Gasteiger partial charge in [-0.25, -0.2) is 4.79 Å². The summed E-state index contributed by atoms with van der Waals surface area (Å²) in [6.45, 7) is 3.50. The van der Waals surface area contributed by atoms with Crippen LogP contribution in [0.1, 0.15) is 16.7 Å². The fourth-order valence-corrected chi connectivity index (χ4v) is 3.31. The predicted octanol–water partition coefficient (Wildman–Crippen LogP) is 3.04. The van der Waals surface area contributed by atoms with E-state index in [9.17, 15) is 4.79 Å². The number of nitrogens with one attached hydrogen (secondary N) is 1. The lowest BCUT2D eigenvalue weighted by atomic mass is 10.1. The number of rotatable bonds is 5. The van der Waals surface area contributed by atoms with Crippen LogP contribution in [0.25, 0.3) is 11.0 Å². The van der Waals surface area contributed by atoms with Crippen molar-refractivity contribution in [3.8, 4) is 0 Å². The molecule has 0 saturated carbocycles. The lowest BCUT2D eigenvalue weighted by Crippen LogP contribution is -3.06. The van der Waals surface area contributed by atoms with Gasteiger partial charge in [-0.3, -0.25) is 0 Å². The highest BCUT2D eigenvalue weighted by molar-refractivity contribution is 6.32. The highest BCUT2D eigenvalue weighted by Gasteiger charge is 2.13. The minimum atomic E-state index is -0.322. The molecule has 1 unspecified atom stereocenters. The maximum Gasteiger partial charge on any atom is 0.336 e. The molecule has 0 radical (unpaired) electrons. The third-order valence-electron chi connectivity index (χ3n) is 4.56. The van der Waals surface area contributed by atoms with Crippen LogP contribution in [0.4, 0.5) is 5.69 Å². The molecule has 2 aromatic carbocycles. The third kappa shape index (κ3) is 4.09. The van der Waals surface area contributed by atoms with Crippen LogP contribution in [0.3, 0.4) is 0 Å². The second kappa shape index (κ2) is 7.52. The van der Waals surface area contributed by atoms with E-state index in [1.807, 2.05) is 33.2 Å². The van der Waals surface area contributed by atoms with Gasteiger partial charge in [0.15, 0.2) is 0 Å². The van der Waals surface area contributed by atoms with Crippen molar-refractivity contribution in [2.24, 2.45) is 0 Å². The molecule has 0 fully saturated rings. The first kappa shape index (κ1) is 18.5. The Morgan fingerprint density at radius 2 is 1.77 bits per heavy atom. The number of fused-ring (bicyclic) bond motifs is 1. The van der Waals surface area contributed by atoms with Gasteiger partial charge in [0.1, 0.15) is 18.7 Å². The molecule has 0 saturated heterocycles. The fraction of sp³-hybridized carbons (Fsp3) is 0.286. The zero-order valence-electron chi connectivity index (χ0n) is 15.6. The fourth-order valence-electron chi connectivity index (χ4n) is 3.14. The molecule has 26 heavy (non-hydrogen) atoms. The van der Waals surface area contributed by atoms with E-state index in [2.05, 4.69) is 36.2 Å². The van der Waals surface area contributed by atoms with Gasteiger partial charge in [0.05, 0.1) is 7.05 Å². The maximum atomic E-state index is 11.9. The molecule has 0 aliphatic rings. The average molecular weight is 372 g/mol. The zero-order valence-corrected chi connectivity index (χ0v) is 16.4. The van der Waals surface area contributed by atoms with Crippen molar-refractivity contribution < 1.29 is 9.32 Å². The molecule has 1 aromatic heterocycles. The number of quaternary nitrogens is 1. The number of hydrogen-bond donors (Lipinski definition) is 1. The van der Waals surface area contributed by atoms with Crippen LogP contribution in [0.2, 0.25) is 5.02 Å². The molecule has 4 nitrogen and oxygen atoms in total. The summed E-state index contributed by atoms with van der Waals surface area (Å²) in [6.07, 6.45) is 0. The highest BCUT2D eigenvalue weighted by atomic mass is 35.5. The van der Waals surface area contributed by atoms with Crippen LogP contribution in [0.15, 0.2) is 51.7 Å². The molecule has 0 aliphatic heterocycles. The Kier molecular flexibility index (Phi) is 5.35. The van der Waals surface area contributed by atoms with Crippen molar-refractivity contribution in [1.29, 1.82) is 0 Å². The maximum absolute atomic E-state index is 11.9. The summed E-state index contributed by atoms with van der Waals surface area (Å²) in [4.78, 5) is 15.3. The summed E-state index contributed by atoms with van der Waals surface area (Å²) >= 11 is 6.28. The molecule has 1 atom stereocenters. The summed E-state index contributed by atoms with van der Waals surface area (Å²) in [7, 11) is 6.19. The van der Waals surface area contributed by atoms with Crippen LogP contribution < -0.4 is 15.4 Å². The Balaban J connectivity index is 1.83. The lowest BCUT2D eigenvalue weighted by Gasteiger charge is -2.17. The second-order valence-electron chi connectivity index (χ2n) is 7.06. The van der Waals surface area contributed by atoms with Crippen molar-refractivity contribution in [3.05, 3.63) is 74.6 Å². The van der Waals surface area contributed by atoms with Gasteiger partial charge in [-0.15, -0.1) is 0 Å². The summed E-state index contributed by atoms with van der Waals surface area (Å²) in [5.41, 5.74) is 4.58. The van der Waals surface area contributed by atoms with Gasteiger partial charge in [0.2, 0.25) is 0 Å². The van der Waals surface area contributed by atoms with Crippen LogP contribution in [0.5, 0.6) is 0 Å². The van der Waals surface area contributed by atoms with Crippen molar-refractivity contribution in [2.75, 3.05) is 26.0 Å². The molecule has 0 spiro atoms. The Hall–Kier alpha value is -2.30. The summed E-state index contributed by atoms with van der Waals surface area (Å²) in [6, 6.07) is 13.8. The van der Waals surface area contributed by atoms with Crippen LogP contribution in [-0.4, -0.2) is 21.1 Å². The van der Waals surface area contributed by atoms with Crippen molar-refractivity contribution in [1.82, 2.24) is 0 Å². The number of nitrogens with zero attached hydrogens (tertiary/aromatic N) is 1. The van der Waals surface area contributed by atoms with E-state index in [0.29, 0.717) is 10.6 Å². The summed E-state index contributed by atoms with van der Waals surface area (Å²) < 4.78 is 5.35. The van der Waals surface area contributed by atoms with E-state index in [-0.39, 0.29) is 5.63 Å². The van der Waals surface area contributed by atoms with E-state index in [1.165, 1.54) is 16.2 Å². The first-order valence-corrected chi connectivity index (χ1v) is 9.01. The predicted molar refractivity (Wildman–Crippen MR) is 107 cm³/mol. The average Bonchev–Trinajstić information content (AvgIpc) is 2.57. The Labute approximate surface area is 158 Å². The van der Waals surface area contributed by atoms with Crippen LogP contribution >= 0.6 is 11.6 Å². The van der Waals surface area contributed by atoms with E-state index in [0.717, 1.165) is 29.6 Å². The number of aryl methyl sites for hydroxylation is 1. The normalized spacial score (nSPS) is 12.3. The Morgan fingerprint density at radius 3 is 2.42 bits per heavy atom. The van der Waals surface area contributed by atoms with Gasteiger partial charge >= 0.3 is 5.63 Å². The first-order valence-electron chi connectivity index (χ1n) is 8.64. The van der Waals surface area contributed by atoms with Crippen LogP contribution in [-0.2, 0) is 13.1 Å². The topological polar surface area (TPSA) is 37.9 Å². The lowest BCUT2D eigenvalue weighted by molar-refractivity contribution is -0.907. The molecular formula is C21H24ClN2O2+. The first-order chi connectivity index (χ1) is 12.3. The molecule has 3 rings (SSSR count). The summed E-state index contributed by atoms with van der Waals surface area (Å²) in [5, 5.41) is 1.59. The number of hydrogen-bond acceptors (Lipinski definition) is 3. The molecule has 0 aliphatic carbocycles. The molecule has 3 aromatic rings. The van der Waals surface area contributed by atoms with E-state index in [1.54, 1.807) is 6.07 Å². The van der Waals surface area contributed by atoms with E-state index >= 15 is 0 Å². The largest absolute Gasteiger partial charge is 0.423 e. The SMILES string of the molecule is Cc1cc2oc(=O)cc(C[NH+](C)Cc3ccc(N(C)C)cc3)c2cc1Cl.